The number of carbonyl (C=O) groups is 1. The van der Waals surface area contributed by atoms with E-state index in [1.54, 1.807) is 30.8 Å². The normalized spacial score (nSPS) is 23.9. The van der Waals surface area contributed by atoms with Crippen LogP contribution in [-0.4, -0.2) is 79.9 Å². The number of nitrogens with one attached hydrogen (secondary N) is 1. The number of hydrogen-bond donors (Lipinski definition) is 2. The molecule has 5 atom stereocenters. The minimum atomic E-state index is -4.13. The van der Waals surface area contributed by atoms with Gasteiger partial charge in [0.15, 0.2) is 5.79 Å². The number of alkyl halides is 1. The molecule has 0 radical (unpaired) electrons. The fraction of sp³-hybridized carbons (Fsp3) is 0.462. The molecule has 5 rings (SSSR count). The predicted molar refractivity (Wildman–Crippen MR) is 157 cm³/mol. The number of rotatable bonds is 12. The van der Waals surface area contributed by atoms with E-state index in [9.17, 15) is 17.4 Å². The van der Waals surface area contributed by atoms with Crippen molar-refractivity contribution in [1.29, 1.82) is 0 Å². The Labute approximate surface area is 254 Å². The molecule has 16 heteroatoms. The van der Waals surface area contributed by atoms with Crippen LogP contribution in [0.4, 0.5) is 5.82 Å². The second-order valence-electron chi connectivity index (χ2n) is 10.5. The van der Waals surface area contributed by atoms with Crippen molar-refractivity contribution in [1.82, 2.24) is 19.7 Å². The van der Waals surface area contributed by atoms with Gasteiger partial charge in [0.05, 0.1) is 41.7 Å². The first-order chi connectivity index (χ1) is 19.9. The molecule has 1 aromatic carbocycles. The summed E-state index contributed by atoms with van der Waals surface area (Å²) in [6.45, 7) is 3.77. The van der Waals surface area contributed by atoms with E-state index in [-0.39, 0.29) is 41.4 Å². The number of hydrogen-bond acceptors (Lipinski definition) is 11. The maximum atomic E-state index is 13.5. The van der Waals surface area contributed by atoms with Crippen molar-refractivity contribution in [2.75, 3.05) is 23.0 Å². The zero-order chi connectivity index (χ0) is 30.1. The fourth-order valence-corrected chi connectivity index (χ4v) is 7.36. The SMILES string of the molecule is CC1(C)OC2C(COS(N)(=O)=O)CC(Nc3ncncc3C(=O)c3ccn(Cc4cccc(S(=O)CCBr)c4)n3)C2O1. The molecule has 42 heavy (non-hydrogen) atoms. The number of ketones is 1. The summed E-state index contributed by atoms with van der Waals surface area (Å²) in [5.41, 5.74) is 1.33. The molecule has 1 aliphatic carbocycles. The van der Waals surface area contributed by atoms with Crippen LogP contribution in [0.3, 0.4) is 0 Å². The lowest BCUT2D eigenvalue weighted by Crippen LogP contribution is -2.35. The van der Waals surface area contributed by atoms with E-state index in [0.717, 1.165) is 10.5 Å². The molecule has 1 saturated heterocycles. The molecule has 1 saturated carbocycles. The van der Waals surface area contributed by atoms with Crippen molar-refractivity contribution in [2.24, 2.45) is 11.1 Å². The number of benzene rings is 1. The summed E-state index contributed by atoms with van der Waals surface area (Å²) in [7, 11) is -5.23. The van der Waals surface area contributed by atoms with Crippen molar-refractivity contribution in [3.63, 3.8) is 0 Å². The second-order valence-corrected chi connectivity index (χ2v) is 14.1. The number of carbonyl (C=O) groups excluding carboxylic acids is 1. The standard InChI is InChI=1S/C26H31BrN6O7S2/c1-26(2)39-23-17(14-38-42(28,36)37)11-21(24(23)40-26)31-25-19(12-29-15-30-25)22(34)20-6-8-33(32-20)13-16-4-3-5-18(10-16)41(35)9-7-27/h3-6,8,10,12,15,17,21,23-24H,7,9,11,13-14H2,1-2H3,(H2,28,36,37)(H,29,30,31). The molecular weight excluding hydrogens is 652 g/mol. The Hall–Kier alpha value is -2.60. The third-order valence-corrected chi connectivity index (χ3v) is 9.69. The van der Waals surface area contributed by atoms with E-state index >= 15 is 0 Å². The minimum Gasteiger partial charge on any atom is -0.364 e. The summed E-state index contributed by atoms with van der Waals surface area (Å²) in [6, 6.07) is 8.72. The topological polar surface area (TPSA) is 178 Å². The van der Waals surface area contributed by atoms with Crippen molar-refractivity contribution in [3.8, 4) is 0 Å². The lowest BCUT2D eigenvalue weighted by molar-refractivity contribution is -0.158. The van der Waals surface area contributed by atoms with Gasteiger partial charge < -0.3 is 14.8 Å². The van der Waals surface area contributed by atoms with Gasteiger partial charge in [-0.05, 0) is 44.0 Å². The molecule has 0 spiro atoms. The number of nitrogens with zero attached hydrogens (tertiary/aromatic N) is 4. The molecule has 3 heterocycles. The Morgan fingerprint density at radius 3 is 2.83 bits per heavy atom. The van der Waals surface area contributed by atoms with E-state index in [4.69, 9.17) is 18.8 Å². The molecule has 2 aromatic heterocycles. The van der Waals surface area contributed by atoms with Gasteiger partial charge in [-0.15, -0.1) is 0 Å². The molecule has 2 fully saturated rings. The van der Waals surface area contributed by atoms with Crippen LogP contribution in [0.15, 0.2) is 53.9 Å². The maximum absolute atomic E-state index is 13.5. The van der Waals surface area contributed by atoms with Gasteiger partial charge in [0.2, 0.25) is 5.78 Å². The van der Waals surface area contributed by atoms with Gasteiger partial charge in [-0.3, -0.25) is 17.9 Å². The summed E-state index contributed by atoms with van der Waals surface area (Å²) in [5.74, 6) is -0.800. The smallest absolute Gasteiger partial charge is 0.333 e. The Bertz CT molecular complexity index is 1580. The predicted octanol–water partition coefficient (Wildman–Crippen LogP) is 2.00. The number of fused-ring (bicyclic) bond motifs is 1. The molecule has 1 aliphatic heterocycles. The third-order valence-electron chi connectivity index (χ3n) is 6.95. The first kappa shape index (κ1) is 30.8. The molecule has 0 bridgehead atoms. The summed E-state index contributed by atoms with van der Waals surface area (Å²) in [6.07, 6.45) is 3.97. The van der Waals surface area contributed by atoms with Crippen LogP contribution >= 0.6 is 15.9 Å². The Kier molecular flexibility index (Phi) is 9.22. The number of nitrogens with two attached hydrogens (primary N) is 1. The van der Waals surface area contributed by atoms with Crippen molar-refractivity contribution in [3.05, 3.63) is 65.9 Å². The van der Waals surface area contributed by atoms with Crippen molar-refractivity contribution >= 4 is 48.6 Å². The van der Waals surface area contributed by atoms with Gasteiger partial charge in [0, 0.05) is 34.3 Å². The minimum absolute atomic E-state index is 0.167. The molecule has 13 nitrogen and oxygen atoms in total. The lowest BCUT2D eigenvalue weighted by Gasteiger charge is -2.24. The Balaban J connectivity index is 1.31. The van der Waals surface area contributed by atoms with Crippen LogP contribution in [0.5, 0.6) is 0 Å². The average molecular weight is 684 g/mol. The van der Waals surface area contributed by atoms with E-state index < -0.39 is 39.1 Å². The number of aromatic nitrogens is 4. The first-order valence-electron chi connectivity index (χ1n) is 13.1. The monoisotopic (exact) mass is 682 g/mol. The highest BCUT2D eigenvalue weighted by atomic mass is 79.9. The zero-order valence-corrected chi connectivity index (χ0v) is 26.1. The van der Waals surface area contributed by atoms with E-state index in [1.165, 1.54) is 12.5 Å². The number of halogens is 1. The zero-order valence-electron chi connectivity index (χ0n) is 22.9. The molecular formula is C26H31BrN6O7S2. The van der Waals surface area contributed by atoms with Crippen LogP contribution in [-0.2, 0) is 41.3 Å². The van der Waals surface area contributed by atoms with Gasteiger partial charge in [0.25, 0.3) is 0 Å². The largest absolute Gasteiger partial charge is 0.364 e. The molecule has 3 N–H and O–H groups in total. The van der Waals surface area contributed by atoms with Crippen LogP contribution in [0, 0.1) is 5.92 Å². The van der Waals surface area contributed by atoms with Crippen LogP contribution in [0.25, 0.3) is 0 Å². The number of ether oxygens (including phenoxy) is 2. The van der Waals surface area contributed by atoms with Crippen LogP contribution in [0.1, 0.15) is 41.9 Å². The molecule has 5 unspecified atom stereocenters. The van der Waals surface area contributed by atoms with Gasteiger partial charge in [-0.2, -0.15) is 13.5 Å². The highest BCUT2D eigenvalue weighted by molar-refractivity contribution is 9.09. The summed E-state index contributed by atoms with van der Waals surface area (Å²) < 4.78 is 53.8. The molecule has 3 aromatic rings. The summed E-state index contributed by atoms with van der Waals surface area (Å²) in [5, 5.41) is 13.4. The molecule has 226 valence electrons. The summed E-state index contributed by atoms with van der Waals surface area (Å²) in [4.78, 5) is 22.6. The highest BCUT2D eigenvalue weighted by Crippen LogP contribution is 2.43. The van der Waals surface area contributed by atoms with Gasteiger partial charge in [0.1, 0.15) is 23.9 Å². The van der Waals surface area contributed by atoms with Crippen molar-refractivity contribution < 1.29 is 31.1 Å². The Morgan fingerprint density at radius 1 is 1.29 bits per heavy atom. The highest BCUT2D eigenvalue weighted by Gasteiger charge is 2.54. The lowest BCUT2D eigenvalue weighted by atomic mass is 10.1. The Morgan fingerprint density at radius 2 is 2.07 bits per heavy atom. The van der Waals surface area contributed by atoms with Gasteiger partial charge in [-0.1, -0.05) is 28.1 Å². The number of anilines is 1. The van der Waals surface area contributed by atoms with Gasteiger partial charge in [-0.25, -0.2) is 15.1 Å². The van der Waals surface area contributed by atoms with Gasteiger partial charge >= 0.3 is 10.3 Å². The third kappa shape index (κ3) is 7.30. The molecule has 2 aliphatic rings. The van der Waals surface area contributed by atoms with E-state index in [1.807, 2.05) is 24.3 Å². The van der Waals surface area contributed by atoms with E-state index in [2.05, 4.69) is 36.3 Å². The van der Waals surface area contributed by atoms with Crippen LogP contribution < -0.4 is 10.5 Å². The molecule has 0 amide bonds. The fourth-order valence-electron chi connectivity index (χ4n) is 5.23. The maximum Gasteiger partial charge on any atom is 0.333 e. The first-order valence-corrected chi connectivity index (χ1v) is 17.0. The quantitative estimate of drug-likeness (QED) is 0.211. The summed E-state index contributed by atoms with van der Waals surface area (Å²) >= 11 is 3.32. The average Bonchev–Trinajstić information content (AvgIpc) is 3.61. The van der Waals surface area contributed by atoms with E-state index in [0.29, 0.717) is 24.0 Å². The second kappa shape index (κ2) is 12.6. The van der Waals surface area contributed by atoms with Crippen molar-refractivity contribution in [2.45, 2.75) is 55.7 Å². The van der Waals surface area contributed by atoms with Crippen LogP contribution in [0.2, 0.25) is 0 Å².